The number of aromatic nitrogens is 2. The smallest absolute Gasteiger partial charge is 0.241 e. The topological polar surface area (TPSA) is 80.5 Å². The summed E-state index contributed by atoms with van der Waals surface area (Å²) in [7, 11) is 1.63. The number of carbonyl (C=O) groups excluding carboxylic acids is 1. The normalized spacial score (nSPS) is 11.1. The number of hydrogen-bond acceptors (Lipinski definition) is 7. The minimum atomic E-state index is -0.0950. The van der Waals surface area contributed by atoms with Crippen molar-refractivity contribution in [1.29, 1.82) is 0 Å². The zero-order chi connectivity index (χ0) is 19.9. The Hall–Kier alpha value is -2.55. The van der Waals surface area contributed by atoms with E-state index in [1.54, 1.807) is 18.4 Å². The second kappa shape index (κ2) is 9.59. The first kappa shape index (κ1) is 20.2. The molecule has 0 aliphatic carbocycles. The maximum Gasteiger partial charge on any atom is 0.241 e. The highest BCUT2D eigenvalue weighted by atomic mass is 32.1. The lowest BCUT2D eigenvalue weighted by atomic mass is 10.1. The van der Waals surface area contributed by atoms with Gasteiger partial charge in [-0.2, -0.15) is 16.3 Å². The first-order valence-corrected chi connectivity index (χ1v) is 9.93. The Morgan fingerprint density at radius 1 is 1.32 bits per heavy atom. The maximum atomic E-state index is 12.6. The summed E-state index contributed by atoms with van der Waals surface area (Å²) in [6, 6.07) is 7.81. The standard InChI is InChI=1S/C20H24N4O3S/c1-14-5-4-6-17(15(14)2)21-18(25)11-24(8-9-26-3)12-19-22-20(23-27-19)16-7-10-28-13-16/h4-7,10,13H,8-9,11-12H2,1-3H3,(H,21,25). The van der Waals surface area contributed by atoms with E-state index < -0.39 is 0 Å². The van der Waals surface area contributed by atoms with Crippen molar-refractivity contribution in [2.45, 2.75) is 20.4 Å². The Bertz CT molecular complexity index is 908. The molecule has 1 N–H and O–H groups in total. The highest BCUT2D eigenvalue weighted by molar-refractivity contribution is 7.08. The van der Waals surface area contributed by atoms with E-state index in [0.29, 0.717) is 31.4 Å². The predicted octanol–water partition coefficient (Wildman–Crippen LogP) is 3.50. The van der Waals surface area contributed by atoms with Gasteiger partial charge in [-0.1, -0.05) is 17.3 Å². The highest BCUT2D eigenvalue weighted by Gasteiger charge is 2.17. The third-order valence-electron chi connectivity index (χ3n) is 4.46. The number of hydrogen-bond donors (Lipinski definition) is 1. The average Bonchev–Trinajstić information content (AvgIpc) is 3.35. The molecule has 0 radical (unpaired) electrons. The van der Waals surface area contributed by atoms with Gasteiger partial charge in [-0.3, -0.25) is 9.69 Å². The van der Waals surface area contributed by atoms with Crippen molar-refractivity contribution < 1.29 is 14.1 Å². The molecule has 1 amide bonds. The van der Waals surface area contributed by atoms with Crippen LogP contribution in [0.1, 0.15) is 17.0 Å². The van der Waals surface area contributed by atoms with Crippen molar-refractivity contribution in [2.24, 2.45) is 0 Å². The van der Waals surface area contributed by atoms with Crippen LogP contribution in [0.25, 0.3) is 11.4 Å². The second-order valence-electron chi connectivity index (χ2n) is 6.52. The van der Waals surface area contributed by atoms with Crippen molar-refractivity contribution >= 4 is 22.9 Å². The van der Waals surface area contributed by atoms with Crippen LogP contribution in [-0.2, 0) is 16.1 Å². The largest absolute Gasteiger partial charge is 0.383 e. The van der Waals surface area contributed by atoms with Crippen LogP contribution in [0, 0.1) is 13.8 Å². The molecule has 3 aromatic rings. The van der Waals surface area contributed by atoms with Crippen LogP contribution < -0.4 is 5.32 Å². The van der Waals surface area contributed by atoms with Gasteiger partial charge in [0.25, 0.3) is 0 Å². The minimum Gasteiger partial charge on any atom is -0.383 e. The number of carbonyl (C=O) groups is 1. The third-order valence-corrected chi connectivity index (χ3v) is 5.15. The van der Waals surface area contributed by atoms with Crippen molar-refractivity contribution in [3.05, 3.63) is 52.0 Å². The molecule has 0 aliphatic heterocycles. The van der Waals surface area contributed by atoms with E-state index in [1.807, 2.05) is 53.8 Å². The van der Waals surface area contributed by atoms with Crippen LogP contribution in [-0.4, -0.2) is 47.8 Å². The average molecular weight is 401 g/mol. The van der Waals surface area contributed by atoms with Gasteiger partial charge in [0.15, 0.2) is 0 Å². The number of anilines is 1. The lowest BCUT2D eigenvalue weighted by molar-refractivity contribution is -0.117. The van der Waals surface area contributed by atoms with Crippen molar-refractivity contribution in [3.8, 4) is 11.4 Å². The monoisotopic (exact) mass is 400 g/mol. The first-order chi connectivity index (χ1) is 13.6. The van der Waals surface area contributed by atoms with Gasteiger partial charge in [-0.15, -0.1) is 0 Å². The van der Waals surface area contributed by atoms with Crippen LogP contribution in [0.5, 0.6) is 0 Å². The van der Waals surface area contributed by atoms with E-state index >= 15 is 0 Å². The van der Waals surface area contributed by atoms with Crippen LogP contribution >= 0.6 is 11.3 Å². The molecule has 148 valence electrons. The molecule has 0 atom stereocenters. The Morgan fingerprint density at radius 3 is 2.93 bits per heavy atom. The van der Waals surface area contributed by atoms with Gasteiger partial charge < -0.3 is 14.6 Å². The maximum absolute atomic E-state index is 12.6. The fourth-order valence-electron chi connectivity index (χ4n) is 2.73. The number of nitrogens with one attached hydrogen (secondary N) is 1. The summed E-state index contributed by atoms with van der Waals surface area (Å²) in [5.41, 5.74) is 3.96. The molecule has 0 bridgehead atoms. The predicted molar refractivity (Wildman–Crippen MR) is 109 cm³/mol. The minimum absolute atomic E-state index is 0.0950. The molecule has 0 aliphatic rings. The molecule has 3 rings (SSSR count). The van der Waals surface area contributed by atoms with E-state index in [-0.39, 0.29) is 12.5 Å². The van der Waals surface area contributed by atoms with Gasteiger partial charge in [-0.05, 0) is 42.5 Å². The van der Waals surface area contributed by atoms with Gasteiger partial charge in [0.2, 0.25) is 17.6 Å². The van der Waals surface area contributed by atoms with E-state index in [9.17, 15) is 4.79 Å². The van der Waals surface area contributed by atoms with E-state index in [1.165, 1.54) is 0 Å². The molecule has 7 nitrogen and oxygen atoms in total. The fraction of sp³-hybridized carbons (Fsp3) is 0.350. The molecule has 8 heteroatoms. The van der Waals surface area contributed by atoms with E-state index in [2.05, 4.69) is 15.5 Å². The molecule has 0 saturated carbocycles. The van der Waals surface area contributed by atoms with Gasteiger partial charge >= 0.3 is 0 Å². The first-order valence-electron chi connectivity index (χ1n) is 8.99. The van der Waals surface area contributed by atoms with Crippen LogP contribution in [0.4, 0.5) is 5.69 Å². The number of nitrogens with zero attached hydrogens (tertiary/aromatic N) is 3. The number of amides is 1. The summed E-state index contributed by atoms with van der Waals surface area (Å²) < 4.78 is 10.5. The summed E-state index contributed by atoms with van der Waals surface area (Å²) in [6.45, 7) is 5.68. The summed E-state index contributed by atoms with van der Waals surface area (Å²) >= 11 is 1.58. The zero-order valence-electron chi connectivity index (χ0n) is 16.3. The van der Waals surface area contributed by atoms with Gasteiger partial charge in [0, 0.05) is 30.3 Å². The van der Waals surface area contributed by atoms with Gasteiger partial charge in [0.1, 0.15) is 0 Å². The number of rotatable bonds is 9. The molecular formula is C20H24N4O3S. The van der Waals surface area contributed by atoms with Crippen molar-refractivity contribution in [2.75, 3.05) is 32.1 Å². The molecular weight excluding hydrogens is 376 g/mol. The molecule has 28 heavy (non-hydrogen) atoms. The lowest BCUT2D eigenvalue weighted by Gasteiger charge is -2.20. The summed E-state index contributed by atoms with van der Waals surface area (Å²) in [5, 5.41) is 10.9. The van der Waals surface area contributed by atoms with Crippen LogP contribution in [0.3, 0.4) is 0 Å². The summed E-state index contributed by atoms with van der Waals surface area (Å²) in [6.07, 6.45) is 0. The number of benzene rings is 1. The number of methoxy groups -OCH3 is 1. The van der Waals surface area contributed by atoms with Gasteiger partial charge in [0.05, 0.1) is 19.7 Å². The highest BCUT2D eigenvalue weighted by Crippen LogP contribution is 2.20. The third kappa shape index (κ3) is 5.25. The molecule has 0 saturated heterocycles. The van der Waals surface area contributed by atoms with Crippen molar-refractivity contribution in [3.63, 3.8) is 0 Å². The van der Waals surface area contributed by atoms with Crippen LogP contribution in [0.15, 0.2) is 39.5 Å². The Balaban J connectivity index is 1.64. The molecule has 0 fully saturated rings. The zero-order valence-corrected chi connectivity index (χ0v) is 17.1. The lowest BCUT2D eigenvalue weighted by Crippen LogP contribution is -2.35. The number of thiophene rings is 1. The van der Waals surface area contributed by atoms with Gasteiger partial charge in [-0.25, -0.2) is 0 Å². The summed E-state index contributed by atoms with van der Waals surface area (Å²) in [4.78, 5) is 18.9. The van der Waals surface area contributed by atoms with E-state index in [0.717, 1.165) is 22.4 Å². The Kier molecular flexibility index (Phi) is 6.91. The number of aryl methyl sites for hydroxylation is 1. The molecule has 2 heterocycles. The fourth-order valence-corrected chi connectivity index (χ4v) is 3.37. The molecule has 1 aromatic carbocycles. The molecule has 0 spiro atoms. The molecule has 0 unspecified atom stereocenters. The van der Waals surface area contributed by atoms with Crippen molar-refractivity contribution in [1.82, 2.24) is 15.0 Å². The SMILES string of the molecule is COCCN(CC(=O)Nc1cccc(C)c1C)Cc1nc(-c2ccsc2)no1. The Labute approximate surface area is 168 Å². The van der Waals surface area contributed by atoms with E-state index in [4.69, 9.17) is 9.26 Å². The quantitative estimate of drug-likeness (QED) is 0.592. The Morgan fingerprint density at radius 2 is 2.18 bits per heavy atom. The summed E-state index contributed by atoms with van der Waals surface area (Å²) in [5.74, 6) is 0.932. The van der Waals surface area contributed by atoms with Crippen LogP contribution in [0.2, 0.25) is 0 Å². The second-order valence-corrected chi connectivity index (χ2v) is 7.30. The number of ether oxygens (including phenoxy) is 1. The molecule has 2 aromatic heterocycles.